The van der Waals surface area contributed by atoms with Crippen molar-refractivity contribution in [3.8, 4) is 0 Å². The lowest BCUT2D eigenvalue weighted by Gasteiger charge is -2.06. The Morgan fingerprint density at radius 3 is 2.68 bits per heavy atom. The predicted molar refractivity (Wildman–Crippen MR) is 64.7 cm³/mol. The SMILES string of the molecule is Cl.Cn1cc(CNCc2ccco2)c(C(F)(F)F)n1. The number of rotatable bonds is 4. The van der Waals surface area contributed by atoms with E-state index in [2.05, 4.69) is 10.4 Å². The zero-order valence-corrected chi connectivity index (χ0v) is 10.9. The fraction of sp³-hybridized carbons (Fsp3) is 0.364. The zero-order valence-electron chi connectivity index (χ0n) is 10.1. The van der Waals surface area contributed by atoms with Crippen LogP contribution in [0.5, 0.6) is 0 Å². The number of furan rings is 1. The van der Waals surface area contributed by atoms with Gasteiger partial charge in [0.15, 0.2) is 5.69 Å². The van der Waals surface area contributed by atoms with Crippen LogP contribution in [0.1, 0.15) is 17.0 Å². The number of halogens is 4. The molecule has 2 aromatic rings. The summed E-state index contributed by atoms with van der Waals surface area (Å²) < 4.78 is 44.1. The van der Waals surface area contributed by atoms with Crippen LogP contribution in [0.4, 0.5) is 13.2 Å². The van der Waals surface area contributed by atoms with Gasteiger partial charge in [-0.15, -0.1) is 12.4 Å². The highest BCUT2D eigenvalue weighted by molar-refractivity contribution is 5.85. The number of aryl methyl sites for hydroxylation is 1. The molecule has 2 aromatic heterocycles. The second-order valence-corrected chi connectivity index (χ2v) is 3.86. The number of hydrogen-bond donors (Lipinski definition) is 1. The maximum atomic E-state index is 12.6. The molecule has 0 spiro atoms. The number of aromatic nitrogens is 2. The van der Waals surface area contributed by atoms with Gasteiger partial charge in [-0.2, -0.15) is 18.3 Å². The van der Waals surface area contributed by atoms with Crippen molar-refractivity contribution >= 4 is 12.4 Å². The van der Waals surface area contributed by atoms with Crippen molar-refractivity contribution in [2.45, 2.75) is 19.3 Å². The number of alkyl halides is 3. The van der Waals surface area contributed by atoms with Gasteiger partial charge in [0.2, 0.25) is 0 Å². The van der Waals surface area contributed by atoms with Crippen LogP contribution < -0.4 is 5.32 Å². The smallest absolute Gasteiger partial charge is 0.435 e. The largest absolute Gasteiger partial charge is 0.468 e. The van der Waals surface area contributed by atoms with Crippen molar-refractivity contribution in [2.75, 3.05) is 0 Å². The number of hydrogen-bond acceptors (Lipinski definition) is 3. The third-order valence-corrected chi connectivity index (χ3v) is 2.37. The van der Waals surface area contributed by atoms with E-state index in [1.54, 1.807) is 12.1 Å². The molecule has 19 heavy (non-hydrogen) atoms. The van der Waals surface area contributed by atoms with Crippen molar-refractivity contribution in [1.29, 1.82) is 0 Å². The summed E-state index contributed by atoms with van der Waals surface area (Å²) in [6.45, 7) is 0.461. The van der Waals surface area contributed by atoms with Gasteiger partial charge in [0.25, 0.3) is 0 Å². The second-order valence-electron chi connectivity index (χ2n) is 3.86. The molecule has 0 bridgehead atoms. The van der Waals surface area contributed by atoms with Crippen LogP contribution in [0.2, 0.25) is 0 Å². The Labute approximate surface area is 114 Å². The quantitative estimate of drug-likeness (QED) is 0.943. The van der Waals surface area contributed by atoms with Crippen LogP contribution in [0.15, 0.2) is 29.0 Å². The van der Waals surface area contributed by atoms with E-state index in [1.807, 2.05) is 0 Å². The van der Waals surface area contributed by atoms with Crippen LogP contribution in [-0.4, -0.2) is 9.78 Å². The highest BCUT2D eigenvalue weighted by atomic mass is 35.5. The fourth-order valence-electron chi connectivity index (χ4n) is 1.64. The van der Waals surface area contributed by atoms with Gasteiger partial charge < -0.3 is 9.73 Å². The molecular weight excluding hydrogens is 283 g/mol. The van der Waals surface area contributed by atoms with Gasteiger partial charge in [0.1, 0.15) is 5.76 Å². The molecule has 0 aromatic carbocycles. The van der Waals surface area contributed by atoms with Crippen molar-refractivity contribution in [3.63, 3.8) is 0 Å². The summed E-state index contributed by atoms with van der Waals surface area (Å²) in [6.07, 6.45) is -1.55. The first kappa shape index (κ1) is 15.6. The Morgan fingerprint density at radius 2 is 2.11 bits per heavy atom. The molecule has 2 heterocycles. The first-order valence-electron chi connectivity index (χ1n) is 5.29. The number of nitrogens with zero attached hydrogens (tertiary/aromatic N) is 2. The van der Waals surface area contributed by atoms with Gasteiger partial charge in [-0.25, -0.2) is 0 Å². The topological polar surface area (TPSA) is 43.0 Å². The van der Waals surface area contributed by atoms with Crippen LogP contribution in [0.3, 0.4) is 0 Å². The summed E-state index contributed by atoms with van der Waals surface area (Å²) in [4.78, 5) is 0. The lowest BCUT2D eigenvalue weighted by molar-refractivity contribution is -0.142. The fourth-order valence-corrected chi connectivity index (χ4v) is 1.64. The van der Waals surface area contributed by atoms with E-state index in [-0.39, 0.29) is 24.5 Å². The number of nitrogens with one attached hydrogen (secondary N) is 1. The third-order valence-electron chi connectivity index (χ3n) is 2.37. The Hall–Kier alpha value is -1.47. The minimum atomic E-state index is -4.43. The molecule has 0 aliphatic rings. The summed E-state index contributed by atoms with van der Waals surface area (Å²) in [7, 11) is 1.46. The van der Waals surface area contributed by atoms with E-state index in [9.17, 15) is 13.2 Å². The third kappa shape index (κ3) is 4.00. The molecule has 106 valence electrons. The van der Waals surface area contributed by atoms with Crippen molar-refractivity contribution < 1.29 is 17.6 Å². The molecule has 0 atom stereocenters. The second kappa shape index (κ2) is 6.12. The van der Waals surface area contributed by atoms with Crippen molar-refractivity contribution in [1.82, 2.24) is 15.1 Å². The molecule has 0 aliphatic heterocycles. The van der Waals surface area contributed by atoms with E-state index >= 15 is 0 Å². The van der Waals surface area contributed by atoms with E-state index in [0.29, 0.717) is 12.3 Å². The average Bonchev–Trinajstić information content (AvgIpc) is 2.87. The molecule has 2 rings (SSSR count). The van der Waals surface area contributed by atoms with E-state index < -0.39 is 11.9 Å². The lowest BCUT2D eigenvalue weighted by Crippen LogP contribution is -2.16. The molecule has 0 amide bonds. The first-order valence-corrected chi connectivity index (χ1v) is 5.29. The minimum absolute atomic E-state index is 0. The zero-order chi connectivity index (χ0) is 13.2. The van der Waals surface area contributed by atoms with Gasteiger partial charge in [0, 0.05) is 25.4 Å². The monoisotopic (exact) mass is 295 g/mol. The average molecular weight is 296 g/mol. The summed E-state index contributed by atoms with van der Waals surface area (Å²) >= 11 is 0. The standard InChI is InChI=1S/C11H12F3N3O.ClH/c1-17-7-8(10(16-17)11(12,13)14)5-15-6-9-3-2-4-18-9;/h2-4,7,15H,5-6H2,1H3;1H. The molecule has 0 fully saturated rings. The van der Waals surface area contributed by atoms with Crippen LogP contribution in [0.25, 0.3) is 0 Å². The van der Waals surface area contributed by atoms with Gasteiger partial charge in [-0.05, 0) is 12.1 Å². The summed E-state index contributed by atoms with van der Waals surface area (Å²) in [5.74, 6) is 0.674. The first-order chi connectivity index (χ1) is 8.47. The molecule has 0 aliphatic carbocycles. The minimum Gasteiger partial charge on any atom is -0.468 e. The maximum absolute atomic E-state index is 12.6. The van der Waals surface area contributed by atoms with Crippen molar-refractivity contribution in [3.05, 3.63) is 41.6 Å². The molecule has 1 N–H and O–H groups in total. The Kier molecular flexibility index (Phi) is 5.02. The van der Waals surface area contributed by atoms with Crippen LogP contribution >= 0.6 is 12.4 Å². The predicted octanol–water partition coefficient (Wildman–Crippen LogP) is 2.74. The summed E-state index contributed by atoms with van der Waals surface area (Å²) in [6, 6.07) is 3.48. The molecular formula is C11H13ClF3N3O. The van der Waals surface area contributed by atoms with Gasteiger partial charge in [0.05, 0.1) is 12.8 Å². The van der Waals surface area contributed by atoms with Gasteiger partial charge in [-0.3, -0.25) is 4.68 Å². The van der Waals surface area contributed by atoms with Crippen LogP contribution in [-0.2, 0) is 26.3 Å². The molecule has 8 heteroatoms. The van der Waals surface area contributed by atoms with Crippen LogP contribution in [0, 0.1) is 0 Å². The summed E-state index contributed by atoms with van der Waals surface area (Å²) in [5, 5.41) is 6.31. The van der Waals surface area contributed by atoms with Gasteiger partial charge >= 0.3 is 6.18 Å². The Morgan fingerprint density at radius 1 is 1.37 bits per heavy atom. The van der Waals surface area contributed by atoms with E-state index in [0.717, 1.165) is 4.68 Å². The Bertz CT molecular complexity index is 508. The lowest BCUT2D eigenvalue weighted by atomic mass is 10.2. The molecule has 0 unspecified atom stereocenters. The molecule has 0 saturated heterocycles. The molecule has 0 saturated carbocycles. The highest BCUT2D eigenvalue weighted by Crippen LogP contribution is 2.30. The molecule has 0 radical (unpaired) electrons. The Balaban J connectivity index is 0.00000180. The van der Waals surface area contributed by atoms with Crippen molar-refractivity contribution in [2.24, 2.45) is 7.05 Å². The highest BCUT2D eigenvalue weighted by Gasteiger charge is 2.36. The molecule has 4 nitrogen and oxygen atoms in total. The van der Waals surface area contributed by atoms with Gasteiger partial charge in [-0.1, -0.05) is 0 Å². The van der Waals surface area contributed by atoms with E-state index in [1.165, 1.54) is 19.5 Å². The summed E-state index contributed by atoms with van der Waals surface area (Å²) in [5.41, 5.74) is -0.728. The normalized spacial score (nSPS) is 11.4. The maximum Gasteiger partial charge on any atom is 0.435 e. The van der Waals surface area contributed by atoms with E-state index in [4.69, 9.17) is 4.42 Å².